The Hall–Kier alpha value is -1.18. The second kappa shape index (κ2) is 2.41. The molecule has 2 rings (SSSR count). The zero-order valence-corrected chi connectivity index (χ0v) is 7.19. The average molecular weight is 163 g/mol. The first-order valence-electron chi connectivity index (χ1n) is 4.00. The fraction of sp³-hybridized carbons (Fsp3) is 0.300. The molecule has 1 aromatic carbocycles. The van der Waals surface area contributed by atoms with Crippen molar-refractivity contribution in [3.8, 4) is 0 Å². The summed E-state index contributed by atoms with van der Waals surface area (Å²) in [6.07, 6.45) is 0.798. The van der Waals surface area contributed by atoms with E-state index in [1.54, 1.807) is 19.1 Å². The Morgan fingerprint density at radius 3 is 2.83 bits per heavy atom. The molecule has 0 radical (unpaired) electrons. The number of hydrogen-bond acceptors (Lipinski definition) is 1. The molecule has 0 saturated carbocycles. The molecule has 1 nitrogen and oxygen atoms in total. The molecule has 1 heterocycles. The molecule has 1 aromatic rings. The molecule has 2 heteroatoms. The molecule has 12 heavy (non-hydrogen) atoms. The lowest BCUT2D eigenvalue weighted by Gasteiger charge is -1.99. The summed E-state index contributed by atoms with van der Waals surface area (Å²) in [6, 6.07) is 3.39. The van der Waals surface area contributed by atoms with Gasteiger partial charge in [-0.3, -0.25) is 4.99 Å². The Morgan fingerprint density at radius 1 is 1.33 bits per heavy atom. The summed E-state index contributed by atoms with van der Waals surface area (Å²) in [7, 11) is 0. The van der Waals surface area contributed by atoms with E-state index in [1.165, 1.54) is 0 Å². The molecule has 0 N–H and O–H groups in total. The monoisotopic (exact) mass is 163 g/mol. The molecule has 0 amide bonds. The third kappa shape index (κ3) is 1.04. The highest BCUT2D eigenvalue weighted by molar-refractivity contribution is 5.92. The van der Waals surface area contributed by atoms with E-state index in [-0.39, 0.29) is 5.82 Å². The highest BCUT2D eigenvalue weighted by Gasteiger charge is 2.13. The van der Waals surface area contributed by atoms with Gasteiger partial charge < -0.3 is 0 Å². The van der Waals surface area contributed by atoms with E-state index in [0.29, 0.717) is 5.56 Å². The van der Waals surface area contributed by atoms with E-state index in [9.17, 15) is 4.39 Å². The summed E-state index contributed by atoms with van der Waals surface area (Å²) in [4.78, 5) is 4.30. The number of nitrogens with zero attached hydrogens (tertiary/aromatic N) is 1. The predicted octanol–water partition coefficient (Wildman–Crippen LogP) is 2.78. The number of hydrogen-bond donors (Lipinski definition) is 0. The Kier molecular flexibility index (Phi) is 1.50. The zero-order chi connectivity index (χ0) is 8.72. The largest absolute Gasteiger partial charge is 0.257 e. The fourth-order valence-electron chi connectivity index (χ4n) is 1.47. The summed E-state index contributed by atoms with van der Waals surface area (Å²) >= 11 is 0. The second-order valence-electron chi connectivity index (χ2n) is 3.25. The van der Waals surface area contributed by atoms with Crippen LogP contribution >= 0.6 is 0 Å². The summed E-state index contributed by atoms with van der Waals surface area (Å²) in [5, 5.41) is 0. The lowest BCUT2D eigenvalue weighted by molar-refractivity contribution is 0.617. The minimum atomic E-state index is -0.126. The molecule has 0 saturated heterocycles. The lowest BCUT2D eigenvalue weighted by Crippen LogP contribution is -1.90. The van der Waals surface area contributed by atoms with Gasteiger partial charge in [-0.05, 0) is 37.1 Å². The summed E-state index contributed by atoms with van der Waals surface area (Å²) in [5.74, 6) is -0.126. The quantitative estimate of drug-likeness (QED) is 0.557. The van der Waals surface area contributed by atoms with Crippen LogP contribution in [-0.4, -0.2) is 5.71 Å². The first-order chi connectivity index (χ1) is 5.66. The van der Waals surface area contributed by atoms with Gasteiger partial charge >= 0.3 is 0 Å². The van der Waals surface area contributed by atoms with Crippen molar-refractivity contribution in [3.05, 3.63) is 29.1 Å². The van der Waals surface area contributed by atoms with Gasteiger partial charge in [-0.25, -0.2) is 4.39 Å². The molecule has 0 fully saturated rings. The topological polar surface area (TPSA) is 12.4 Å². The summed E-state index contributed by atoms with van der Waals surface area (Å²) in [5.41, 5.74) is 3.68. The summed E-state index contributed by atoms with van der Waals surface area (Å²) in [6.45, 7) is 3.73. The van der Waals surface area contributed by atoms with Gasteiger partial charge in [0.15, 0.2) is 0 Å². The zero-order valence-electron chi connectivity index (χ0n) is 7.19. The number of aliphatic imine (C=N–C) groups is 1. The fourth-order valence-corrected chi connectivity index (χ4v) is 1.47. The average Bonchev–Trinajstić information content (AvgIpc) is 2.30. The highest BCUT2D eigenvalue weighted by Crippen LogP contribution is 2.28. The molecule has 0 spiro atoms. The van der Waals surface area contributed by atoms with Crippen molar-refractivity contribution in [1.29, 1.82) is 0 Å². The Morgan fingerprint density at radius 2 is 2.08 bits per heavy atom. The van der Waals surface area contributed by atoms with Crippen LogP contribution in [0.1, 0.15) is 18.1 Å². The third-order valence-corrected chi connectivity index (χ3v) is 2.12. The summed E-state index contributed by atoms with van der Waals surface area (Å²) < 4.78 is 13.1. The van der Waals surface area contributed by atoms with Gasteiger partial charge in [0.05, 0.1) is 5.69 Å². The predicted molar refractivity (Wildman–Crippen MR) is 47.6 cm³/mol. The molecule has 62 valence electrons. The van der Waals surface area contributed by atoms with Crippen molar-refractivity contribution in [1.82, 2.24) is 0 Å². The van der Waals surface area contributed by atoms with Gasteiger partial charge in [0.1, 0.15) is 5.82 Å². The molecule has 1 aliphatic heterocycles. The maximum absolute atomic E-state index is 13.1. The SMILES string of the molecule is CC1=Nc2cc(C)c(F)cc2C1. The van der Waals surface area contributed by atoms with Crippen LogP contribution in [0.2, 0.25) is 0 Å². The van der Waals surface area contributed by atoms with Crippen molar-refractivity contribution in [2.45, 2.75) is 20.3 Å². The van der Waals surface area contributed by atoms with Gasteiger partial charge in [-0.15, -0.1) is 0 Å². The molecule has 1 aliphatic rings. The van der Waals surface area contributed by atoms with Crippen molar-refractivity contribution >= 4 is 11.4 Å². The van der Waals surface area contributed by atoms with Gasteiger partial charge in [0, 0.05) is 12.1 Å². The van der Waals surface area contributed by atoms with Crippen LogP contribution in [0.5, 0.6) is 0 Å². The van der Waals surface area contributed by atoms with Gasteiger partial charge in [0.2, 0.25) is 0 Å². The smallest absolute Gasteiger partial charge is 0.126 e. The van der Waals surface area contributed by atoms with Crippen LogP contribution in [0.3, 0.4) is 0 Å². The van der Waals surface area contributed by atoms with Gasteiger partial charge in [0.25, 0.3) is 0 Å². The van der Waals surface area contributed by atoms with Crippen LogP contribution in [-0.2, 0) is 6.42 Å². The standard InChI is InChI=1S/C10H10FN/c1-6-3-10-8(5-9(6)11)4-7(2)12-10/h3,5H,4H2,1-2H3. The molecule has 0 atom stereocenters. The lowest BCUT2D eigenvalue weighted by atomic mass is 10.1. The van der Waals surface area contributed by atoms with Crippen molar-refractivity contribution in [2.75, 3.05) is 0 Å². The van der Waals surface area contributed by atoms with Crippen molar-refractivity contribution in [3.63, 3.8) is 0 Å². The number of halogens is 1. The number of fused-ring (bicyclic) bond motifs is 1. The van der Waals surface area contributed by atoms with Gasteiger partial charge in [-0.1, -0.05) is 0 Å². The maximum Gasteiger partial charge on any atom is 0.126 e. The maximum atomic E-state index is 13.1. The molecular formula is C10H10FN. The van der Waals surface area contributed by atoms with E-state index < -0.39 is 0 Å². The molecule has 0 unspecified atom stereocenters. The number of aryl methyl sites for hydroxylation is 1. The Bertz CT molecular complexity index is 366. The van der Waals surface area contributed by atoms with Crippen LogP contribution < -0.4 is 0 Å². The van der Waals surface area contributed by atoms with E-state index in [2.05, 4.69) is 4.99 Å². The van der Waals surface area contributed by atoms with Crippen LogP contribution in [0.25, 0.3) is 0 Å². The number of rotatable bonds is 0. The normalized spacial score (nSPS) is 14.4. The third-order valence-electron chi connectivity index (χ3n) is 2.12. The molecular weight excluding hydrogens is 153 g/mol. The highest BCUT2D eigenvalue weighted by atomic mass is 19.1. The van der Waals surface area contributed by atoms with Crippen molar-refractivity contribution < 1.29 is 4.39 Å². The minimum absolute atomic E-state index is 0.126. The molecule has 0 aromatic heterocycles. The number of benzene rings is 1. The van der Waals surface area contributed by atoms with Gasteiger partial charge in [-0.2, -0.15) is 0 Å². The van der Waals surface area contributed by atoms with E-state index in [4.69, 9.17) is 0 Å². The first kappa shape index (κ1) is 7.47. The first-order valence-corrected chi connectivity index (χ1v) is 4.00. The van der Waals surface area contributed by atoms with Crippen molar-refractivity contribution in [2.24, 2.45) is 4.99 Å². The van der Waals surface area contributed by atoms with E-state index in [1.807, 2.05) is 6.92 Å². The molecule has 0 bridgehead atoms. The molecule has 0 aliphatic carbocycles. The van der Waals surface area contributed by atoms with Crippen LogP contribution in [0, 0.1) is 12.7 Å². The van der Waals surface area contributed by atoms with Crippen LogP contribution in [0.15, 0.2) is 17.1 Å². The van der Waals surface area contributed by atoms with E-state index >= 15 is 0 Å². The second-order valence-corrected chi connectivity index (χ2v) is 3.25. The Labute approximate surface area is 70.9 Å². The van der Waals surface area contributed by atoms with E-state index in [0.717, 1.165) is 23.4 Å². The van der Waals surface area contributed by atoms with Crippen LogP contribution in [0.4, 0.5) is 10.1 Å². The Balaban J connectivity index is 2.57. The minimum Gasteiger partial charge on any atom is -0.257 e.